The van der Waals surface area contributed by atoms with Gasteiger partial charge in [-0.3, -0.25) is 9.59 Å². The van der Waals surface area contributed by atoms with Gasteiger partial charge in [0.1, 0.15) is 0 Å². The van der Waals surface area contributed by atoms with E-state index in [1.54, 1.807) is 24.3 Å². The third kappa shape index (κ3) is 4.79. The molecule has 0 saturated heterocycles. The standard InChI is InChI=1S/C17H16ClFN2O2/c1-11-4-2-5-12(10-11)17(23)20-9-8-15(22)21-14-7-3-6-13(18)16(14)19/h2-7,10H,8-9H2,1H3,(H,20,23)(H,21,22). The molecule has 2 amide bonds. The second-order valence-corrected chi connectivity index (χ2v) is 5.43. The molecule has 0 unspecified atom stereocenters. The van der Waals surface area contributed by atoms with E-state index < -0.39 is 11.7 Å². The Kier molecular flexibility index (Phi) is 5.71. The number of halogens is 2. The number of rotatable bonds is 5. The largest absolute Gasteiger partial charge is 0.352 e. The molecule has 6 heteroatoms. The fourth-order valence-corrected chi connectivity index (χ4v) is 2.17. The van der Waals surface area contributed by atoms with E-state index in [2.05, 4.69) is 10.6 Å². The summed E-state index contributed by atoms with van der Waals surface area (Å²) in [5.41, 5.74) is 1.53. The lowest BCUT2D eigenvalue weighted by Crippen LogP contribution is -2.27. The molecule has 0 radical (unpaired) electrons. The van der Waals surface area contributed by atoms with Crippen LogP contribution in [0.1, 0.15) is 22.3 Å². The maximum absolute atomic E-state index is 13.7. The van der Waals surface area contributed by atoms with Crippen LogP contribution in [0, 0.1) is 12.7 Å². The van der Waals surface area contributed by atoms with Crippen LogP contribution in [0.4, 0.5) is 10.1 Å². The topological polar surface area (TPSA) is 58.2 Å². The highest BCUT2D eigenvalue weighted by atomic mass is 35.5. The van der Waals surface area contributed by atoms with Crippen molar-refractivity contribution in [2.75, 3.05) is 11.9 Å². The summed E-state index contributed by atoms with van der Waals surface area (Å²) < 4.78 is 13.7. The molecule has 0 fully saturated rings. The van der Waals surface area contributed by atoms with E-state index in [-0.39, 0.29) is 29.6 Å². The summed E-state index contributed by atoms with van der Waals surface area (Å²) in [5.74, 6) is -1.34. The number of aryl methyl sites for hydroxylation is 1. The van der Waals surface area contributed by atoms with E-state index in [9.17, 15) is 14.0 Å². The third-order valence-corrected chi connectivity index (χ3v) is 3.44. The van der Waals surface area contributed by atoms with Crippen molar-refractivity contribution in [2.45, 2.75) is 13.3 Å². The maximum Gasteiger partial charge on any atom is 0.251 e. The summed E-state index contributed by atoms with van der Waals surface area (Å²) in [7, 11) is 0. The number of anilines is 1. The highest BCUT2D eigenvalue weighted by molar-refractivity contribution is 6.31. The second-order valence-electron chi connectivity index (χ2n) is 5.02. The molecule has 0 saturated carbocycles. The molecule has 0 aliphatic carbocycles. The Bertz CT molecular complexity index is 734. The number of nitrogens with one attached hydrogen (secondary N) is 2. The molecule has 2 aromatic rings. The van der Waals surface area contributed by atoms with Gasteiger partial charge in [-0.1, -0.05) is 35.4 Å². The summed E-state index contributed by atoms with van der Waals surface area (Å²) in [6.07, 6.45) is 0.0313. The molecule has 0 heterocycles. The highest BCUT2D eigenvalue weighted by Gasteiger charge is 2.10. The van der Waals surface area contributed by atoms with Gasteiger partial charge < -0.3 is 10.6 Å². The van der Waals surface area contributed by atoms with Gasteiger partial charge in [-0.05, 0) is 31.2 Å². The molecule has 4 nitrogen and oxygen atoms in total. The Balaban J connectivity index is 1.83. The number of carbonyl (C=O) groups excluding carboxylic acids is 2. The monoisotopic (exact) mass is 334 g/mol. The fourth-order valence-electron chi connectivity index (χ4n) is 1.99. The zero-order valence-electron chi connectivity index (χ0n) is 12.5. The van der Waals surface area contributed by atoms with Gasteiger partial charge in [0.25, 0.3) is 5.91 Å². The summed E-state index contributed by atoms with van der Waals surface area (Å²) >= 11 is 5.64. The van der Waals surface area contributed by atoms with Crippen LogP contribution in [0.2, 0.25) is 5.02 Å². The van der Waals surface area contributed by atoms with Gasteiger partial charge in [0, 0.05) is 18.5 Å². The normalized spacial score (nSPS) is 10.2. The van der Waals surface area contributed by atoms with Gasteiger partial charge in [-0.25, -0.2) is 4.39 Å². The lowest BCUT2D eigenvalue weighted by atomic mass is 10.1. The van der Waals surface area contributed by atoms with Crippen molar-refractivity contribution in [3.63, 3.8) is 0 Å². The number of amides is 2. The van der Waals surface area contributed by atoms with Crippen LogP contribution in [0.15, 0.2) is 42.5 Å². The van der Waals surface area contributed by atoms with Crippen LogP contribution in [-0.2, 0) is 4.79 Å². The molecule has 0 atom stereocenters. The molecular formula is C17H16ClFN2O2. The van der Waals surface area contributed by atoms with E-state index in [1.165, 1.54) is 12.1 Å². The van der Waals surface area contributed by atoms with Crippen LogP contribution in [0.25, 0.3) is 0 Å². The van der Waals surface area contributed by atoms with Gasteiger partial charge in [0.05, 0.1) is 10.7 Å². The van der Waals surface area contributed by atoms with Crippen molar-refractivity contribution in [1.29, 1.82) is 0 Å². The first-order valence-corrected chi connectivity index (χ1v) is 7.44. The number of benzene rings is 2. The molecule has 2 N–H and O–H groups in total. The second kappa shape index (κ2) is 7.74. The van der Waals surface area contributed by atoms with Crippen LogP contribution in [-0.4, -0.2) is 18.4 Å². The molecule has 0 aliphatic rings. The molecule has 2 aromatic carbocycles. The van der Waals surface area contributed by atoms with Gasteiger partial charge in [-0.2, -0.15) is 0 Å². The Morgan fingerprint density at radius 2 is 1.91 bits per heavy atom. The minimum atomic E-state index is -0.675. The molecule has 0 aliphatic heterocycles. The molecule has 0 aromatic heterocycles. The average Bonchev–Trinajstić information content (AvgIpc) is 2.52. The molecule has 0 bridgehead atoms. The van der Waals surface area contributed by atoms with Crippen molar-refractivity contribution in [3.05, 3.63) is 64.4 Å². The first-order chi connectivity index (χ1) is 11.0. The average molecular weight is 335 g/mol. The van der Waals surface area contributed by atoms with Gasteiger partial charge >= 0.3 is 0 Å². The summed E-state index contributed by atoms with van der Waals surface area (Å²) in [5, 5.41) is 5.01. The Morgan fingerprint density at radius 1 is 1.17 bits per heavy atom. The smallest absolute Gasteiger partial charge is 0.251 e. The summed E-state index contributed by atoms with van der Waals surface area (Å²) in [4.78, 5) is 23.7. The van der Waals surface area contributed by atoms with Gasteiger partial charge in [0.2, 0.25) is 5.91 Å². The Hall–Kier alpha value is -2.40. The van der Waals surface area contributed by atoms with Gasteiger partial charge in [-0.15, -0.1) is 0 Å². The predicted octanol–water partition coefficient (Wildman–Crippen LogP) is 3.55. The first kappa shape index (κ1) is 17.0. The van der Waals surface area contributed by atoms with Crippen LogP contribution >= 0.6 is 11.6 Å². The van der Waals surface area contributed by atoms with Crippen molar-refractivity contribution in [3.8, 4) is 0 Å². The van der Waals surface area contributed by atoms with E-state index in [0.29, 0.717) is 5.56 Å². The molecule has 0 spiro atoms. The summed E-state index contributed by atoms with van der Waals surface area (Å²) in [6, 6.07) is 11.5. The number of hydrogen-bond acceptors (Lipinski definition) is 2. The van der Waals surface area contributed by atoms with E-state index in [1.807, 2.05) is 13.0 Å². The van der Waals surface area contributed by atoms with E-state index in [4.69, 9.17) is 11.6 Å². The Labute approximate surface area is 138 Å². The highest BCUT2D eigenvalue weighted by Crippen LogP contribution is 2.21. The van der Waals surface area contributed by atoms with Crippen molar-refractivity contribution >= 4 is 29.1 Å². The third-order valence-electron chi connectivity index (χ3n) is 3.14. The van der Waals surface area contributed by atoms with Crippen LogP contribution in [0.3, 0.4) is 0 Å². The zero-order chi connectivity index (χ0) is 16.8. The van der Waals surface area contributed by atoms with Gasteiger partial charge in [0.15, 0.2) is 5.82 Å². The lowest BCUT2D eigenvalue weighted by molar-refractivity contribution is -0.116. The van der Waals surface area contributed by atoms with Crippen molar-refractivity contribution in [1.82, 2.24) is 5.32 Å². The van der Waals surface area contributed by atoms with E-state index >= 15 is 0 Å². The molecule has 120 valence electrons. The quantitative estimate of drug-likeness (QED) is 0.878. The molecule has 23 heavy (non-hydrogen) atoms. The maximum atomic E-state index is 13.7. The fraction of sp³-hybridized carbons (Fsp3) is 0.176. The van der Waals surface area contributed by atoms with E-state index in [0.717, 1.165) is 5.56 Å². The minimum absolute atomic E-state index is 0.0208. The van der Waals surface area contributed by atoms with Crippen LogP contribution < -0.4 is 10.6 Å². The lowest BCUT2D eigenvalue weighted by Gasteiger charge is -2.08. The summed E-state index contributed by atoms with van der Waals surface area (Å²) in [6.45, 7) is 2.05. The zero-order valence-corrected chi connectivity index (χ0v) is 13.3. The van der Waals surface area contributed by atoms with Crippen LogP contribution in [0.5, 0.6) is 0 Å². The molecule has 2 rings (SSSR count). The Morgan fingerprint density at radius 3 is 2.65 bits per heavy atom. The number of hydrogen-bond donors (Lipinski definition) is 2. The predicted molar refractivity (Wildman–Crippen MR) is 88.2 cm³/mol. The van der Waals surface area contributed by atoms with Crippen molar-refractivity contribution in [2.24, 2.45) is 0 Å². The first-order valence-electron chi connectivity index (χ1n) is 7.06. The van der Waals surface area contributed by atoms with Crippen molar-refractivity contribution < 1.29 is 14.0 Å². The molecular weight excluding hydrogens is 319 g/mol. The SMILES string of the molecule is Cc1cccc(C(=O)NCCC(=O)Nc2cccc(Cl)c2F)c1. The number of carbonyl (C=O) groups is 2. The minimum Gasteiger partial charge on any atom is -0.352 e.